The summed E-state index contributed by atoms with van der Waals surface area (Å²) in [6.07, 6.45) is 2.00. The molecular weight excluding hydrogens is 648 g/mol. The molecule has 5 atom stereocenters. The highest BCUT2D eigenvalue weighted by atomic mass is 32.2. The van der Waals surface area contributed by atoms with Gasteiger partial charge in [0.2, 0.25) is 27.7 Å². The Labute approximate surface area is 285 Å². The van der Waals surface area contributed by atoms with E-state index in [-0.39, 0.29) is 25.3 Å². The molecule has 3 aliphatic rings. The van der Waals surface area contributed by atoms with Crippen LogP contribution in [0.2, 0.25) is 0 Å². The van der Waals surface area contributed by atoms with Crippen molar-refractivity contribution in [2.45, 2.75) is 75.4 Å². The van der Waals surface area contributed by atoms with Crippen molar-refractivity contribution in [3.8, 4) is 23.0 Å². The number of nitrogens with zero attached hydrogens (tertiary/aromatic N) is 3. The molecule has 6 rings (SSSR count). The SMILES string of the molecule is C=C[C@@H]1C[C@]1(NC(=O)[C@@H]1C[C@@H](Oc2nc(-c3ccccc3)nc3ccc(OC)cc23)CN1C(=O)[C@@H](N)C(C)(C)C)C(=O)NS(=O)(=O)C1CC1. The number of methoxy groups -OCH3 is 1. The Hall–Kier alpha value is -4.56. The van der Waals surface area contributed by atoms with Crippen molar-refractivity contribution in [3.63, 3.8) is 0 Å². The standard InChI is InChI=1S/C35H42N6O7S/c1-6-21-18-35(21,33(44)40-49(45,46)24-13-14-24)39-30(42)27-17-23(19-41(27)32(43)28(36)34(2,3)4)48-31-25-16-22(47-5)12-15-26(25)37-29(38-31)20-10-8-7-9-11-20/h6-12,15-16,21,23-24,27-28H,1,13-14,17-19,36H2,2-5H3,(H,39,42)(H,40,44)/t21-,23-,27+,28-,35-/m1/s1. The number of hydrogen-bond acceptors (Lipinski definition) is 10. The number of amides is 3. The molecule has 13 nitrogen and oxygen atoms in total. The molecule has 3 fully saturated rings. The van der Waals surface area contributed by atoms with Crippen molar-refractivity contribution in [2.75, 3.05) is 13.7 Å². The van der Waals surface area contributed by atoms with Gasteiger partial charge in [0.05, 0.1) is 35.8 Å². The molecule has 0 radical (unpaired) electrons. The molecular formula is C35H42N6O7S. The first-order valence-electron chi connectivity index (χ1n) is 16.3. The van der Waals surface area contributed by atoms with Gasteiger partial charge in [-0.25, -0.2) is 13.4 Å². The van der Waals surface area contributed by atoms with Crippen LogP contribution in [0, 0.1) is 11.3 Å². The number of carbonyl (C=O) groups excluding carboxylic acids is 3. The minimum absolute atomic E-state index is 0.0109. The van der Waals surface area contributed by atoms with Crippen molar-refractivity contribution in [3.05, 3.63) is 61.2 Å². The molecule has 1 aromatic heterocycles. The summed E-state index contributed by atoms with van der Waals surface area (Å²) >= 11 is 0. The maximum Gasteiger partial charge on any atom is 0.259 e. The number of fused-ring (bicyclic) bond motifs is 1. The third-order valence-corrected chi connectivity index (χ3v) is 11.3. The van der Waals surface area contributed by atoms with E-state index >= 15 is 0 Å². The van der Waals surface area contributed by atoms with E-state index < -0.39 is 68.1 Å². The van der Waals surface area contributed by atoms with Gasteiger partial charge in [-0.15, -0.1) is 6.58 Å². The monoisotopic (exact) mass is 690 g/mol. The first-order chi connectivity index (χ1) is 23.2. The van der Waals surface area contributed by atoms with Gasteiger partial charge in [-0.1, -0.05) is 57.2 Å². The van der Waals surface area contributed by atoms with Crippen LogP contribution in [0.3, 0.4) is 0 Å². The number of nitrogens with one attached hydrogen (secondary N) is 2. The highest BCUT2D eigenvalue weighted by Crippen LogP contribution is 2.45. The van der Waals surface area contributed by atoms with Crippen molar-refractivity contribution in [2.24, 2.45) is 17.1 Å². The Morgan fingerprint density at radius 1 is 1.12 bits per heavy atom. The van der Waals surface area contributed by atoms with E-state index in [0.29, 0.717) is 35.3 Å². The second-order valence-corrected chi connectivity index (χ2v) is 16.1. The molecule has 0 bridgehead atoms. The van der Waals surface area contributed by atoms with Crippen LogP contribution < -0.4 is 25.2 Å². The fraction of sp³-hybridized carbons (Fsp3) is 0.457. The molecule has 4 N–H and O–H groups in total. The number of rotatable bonds is 11. The number of carbonyl (C=O) groups is 3. The highest BCUT2D eigenvalue weighted by molar-refractivity contribution is 7.91. The molecule has 2 aromatic carbocycles. The topological polar surface area (TPSA) is 183 Å². The number of aromatic nitrogens is 2. The van der Waals surface area contributed by atoms with Gasteiger partial charge in [0.1, 0.15) is 23.4 Å². The Balaban J connectivity index is 1.31. The zero-order valence-electron chi connectivity index (χ0n) is 28.0. The Morgan fingerprint density at radius 2 is 1.84 bits per heavy atom. The summed E-state index contributed by atoms with van der Waals surface area (Å²) in [4.78, 5) is 52.2. The molecule has 0 spiro atoms. The molecule has 2 heterocycles. The van der Waals surface area contributed by atoms with E-state index in [0.717, 1.165) is 5.56 Å². The lowest BCUT2D eigenvalue weighted by Crippen LogP contribution is -2.59. The molecule has 1 aliphatic heterocycles. The van der Waals surface area contributed by atoms with Crippen LogP contribution in [-0.4, -0.2) is 83.6 Å². The van der Waals surface area contributed by atoms with E-state index in [1.807, 2.05) is 51.1 Å². The van der Waals surface area contributed by atoms with Crippen molar-refractivity contribution >= 4 is 38.6 Å². The molecule has 2 aliphatic carbocycles. The molecule has 260 valence electrons. The van der Waals surface area contributed by atoms with Crippen LogP contribution in [-0.2, 0) is 24.4 Å². The molecule has 3 aromatic rings. The van der Waals surface area contributed by atoms with Gasteiger partial charge in [0.25, 0.3) is 5.91 Å². The van der Waals surface area contributed by atoms with Crippen molar-refractivity contribution in [1.82, 2.24) is 24.9 Å². The highest BCUT2D eigenvalue weighted by Gasteiger charge is 2.62. The first kappa shape index (κ1) is 34.3. The van der Waals surface area contributed by atoms with Crippen LogP contribution in [0.5, 0.6) is 11.6 Å². The van der Waals surface area contributed by atoms with Crippen LogP contribution in [0.25, 0.3) is 22.3 Å². The van der Waals surface area contributed by atoms with Gasteiger partial charge in [-0.3, -0.25) is 19.1 Å². The molecule has 0 unspecified atom stereocenters. The summed E-state index contributed by atoms with van der Waals surface area (Å²) in [7, 11) is -2.32. The molecule has 1 saturated heterocycles. The quantitative estimate of drug-likeness (QED) is 0.253. The number of likely N-dealkylation sites (tertiary alicyclic amines) is 1. The second-order valence-electron chi connectivity index (χ2n) is 14.1. The lowest BCUT2D eigenvalue weighted by molar-refractivity contribution is -0.142. The lowest BCUT2D eigenvalue weighted by Gasteiger charge is -2.33. The van der Waals surface area contributed by atoms with Crippen LogP contribution in [0.4, 0.5) is 0 Å². The predicted octanol–water partition coefficient (Wildman–Crippen LogP) is 2.70. The maximum absolute atomic E-state index is 14.1. The van der Waals surface area contributed by atoms with Crippen molar-refractivity contribution < 1.29 is 32.3 Å². The third-order valence-electron chi connectivity index (χ3n) is 9.47. The van der Waals surface area contributed by atoms with E-state index in [1.165, 1.54) is 11.0 Å². The lowest BCUT2D eigenvalue weighted by atomic mass is 9.86. The largest absolute Gasteiger partial charge is 0.497 e. The molecule has 14 heteroatoms. The Kier molecular flexibility index (Phi) is 8.90. The predicted molar refractivity (Wildman–Crippen MR) is 183 cm³/mol. The van der Waals surface area contributed by atoms with E-state index in [1.54, 1.807) is 25.3 Å². The zero-order chi connectivity index (χ0) is 35.3. The summed E-state index contributed by atoms with van der Waals surface area (Å²) in [5.74, 6) is -1.13. The van der Waals surface area contributed by atoms with Gasteiger partial charge in [-0.2, -0.15) is 4.98 Å². The first-order valence-corrected chi connectivity index (χ1v) is 17.9. The van der Waals surface area contributed by atoms with Gasteiger partial charge in [0, 0.05) is 17.9 Å². The third kappa shape index (κ3) is 6.84. The smallest absolute Gasteiger partial charge is 0.259 e. The number of hydrogen-bond donors (Lipinski definition) is 3. The van der Waals surface area contributed by atoms with Gasteiger partial charge in [0.15, 0.2) is 5.82 Å². The average Bonchev–Trinajstić information content (AvgIpc) is 4.00. The average molecular weight is 691 g/mol. The molecule has 49 heavy (non-hydrogen) atoms. The number of sulfonamides is 1. The van der Waals surface area contributed by atoms with Crippen LogP contribution in [0.15, 0.2) is 61.2 Å². The summed E-state index contributed by atoms with van der Waals surface area (Å²) in [5.41, 5.74) is 5.67. The fourth-order valence-electron chi connectivity index (χ4n) is 6.11. The summed E-state index contributed by atoms with van der Waals surface area (Å²) in [6, 6.07) is 12.8. The van der Waals surface area contributed by atoms with E-state index in [9.17, 15) is 22.8 Å². The Morgan fingerprint density at radius 3 is 2.45 bits per heavy atom. The second kappa shape index (κ2) is 12.7. The normalized spacial score (nSPS) is 24.2. The van der Waals surface area contributed by atoms with Gasteiger partial charge >= 0.3 is 0 Å². The molecule has 2 saturated carbocycles. The zero-order valence-corrected chi connectivity index (χ0v) is 28.8. The fourth-order valence-corrected chi connectivity index (χ4v) is 7.48. The van der Waals surface area contributed by atoms with Crippen LogP contribution in [0.1, 0.15) is 46.5 Å². The van der Waals surface area contributed by atoms with E-state index in [4.69, 9.17) is 25.2 Å². The molecule has 3 amide bonds. The maximum atomic E-state index is 14.1. The summed E-state index contributed by atoms with van der Waals surface area (Å²) in [5, 5.41) is 2.75. The number of ether oxygens (including phenoxy) is 2. The van der Waals surface area contributed by atoms with Crippen LogP contribution >= 0.6 is 0 Å². The minimum Gasteiger partial charge on any atom is -0.497 e. The van der Waals surface area contributed by atoms with Crippen molar-refractivity contribution in [1.29, 1.82) is 0 Å². The van der Waals surface area contributed by atoms with Gasteiger partial charge < -0.3 is 25.4 Å². The summed E-state index contributed by atoms with van der Waals surface area (Å²) < 4.78 is 39.4. The minimum atomic E-state index is -3.87. The van der Waals surface area contributed by atoms with E-state index in [2.05, 4.69) is 16.6 Å². The summed E-state index contributed by atoms with van der Waals surface area (Å²) in [6.45, 7) is 9.27. The number of benzene rings is 2. The Bertz CT molecular complexity index is 1910. The number of nitrogens with two attached hydrogens (primary N) is 1. The van der Waals surface area contributed by atoms with Gasteiger partial charge in [-0.05, 0) is 42.9 Å².